The van der Waals surface area contributed by atoms with Gasteiger partial charge in [-0.05, 0) is 20.3 Å². The molecule has 0 spiro atoms. The highest BCUT2D eigenvalue weighted by Crippen LogP contribution is 2.10. The number of thiocarbonyl (C=S) groups is 1. The Hall–Kier alpha value is -0.680. The number of hydrogen-bond donors (Lipinski definition) is 2. The second-order valence-corrected chi connectivity index (χ2v) is 5.02. The molecule has 16 heavy (non-hydrogen) atoms. The molecule has 4 nitrogen and oxygen atoms in total. The average molecular weight is 246 g/mol. The minimum absolute atomic E-state index is 0.114. The van der Waals surface area contributed by atoms with Gasteiger partial charge in [0.05, 0.1) is 23.1 Å². The highest BCUT2D eigenvalue weighted by atomic mass is 32.1. The maximum Gasteiger partial charge on any atom is 0.230 e. The molecule has 0 aliphatic carbocycles. The molecule has 0 saturated heterocycles. The summed E-state index contributed by atoms with van der Waals surface area (Å²) >= 11 is 4.90. The van der Waals surface area contributed by atoms with E-state index in [1.807, 2.05) is 20.8 Å². The summed E-state index contributed by atoms with van der Waals surface area (Å²) in [5.74, 6) is -0.493. The average Bonchev–Trinajstić information content (AvgIpc) is 2.12. The summed E-state index contributed by atoms with van der Waals surface area (Å²) < 4.78 is 5.03. The fraction of sp³-hybridized carbons (Fsp3) is 0.818. The number of rotatable bonds is 7. The topological polar surface area (TPSA) is 64.3 Å². The summed E-state index contributed by atoms with van der Waals surface area (Å²) in [5, 5.41) is 2.89. The number of nitrogens with two attached hydrogens (primary N) is 1. The highest BCUT2D eigenvalue weighted by molar-refractivity contribution is 7.80. The van der Waals surface area contributed by atoms with Gasteiger partial charge in [0.25, 0.3) is 0 Å². The number of amides is 1. The zero-order chi connectivity index (χ0) is 12.8. The SMILES string of the molecule is CCCC(C(=O)NC(C)(C)COC)C(N)=S. The number of nitrogens with one attached hydrogen (secondary N) is 1. The summed E-state index contributed by atoms with van der Waals surface area (Å²) in [7, 11) is 1.60. The van der Waals surface area contributed by atoms with Crippen molar-refractivity contribution in [3.8, 4) is 0 Å². The minimum Gasteiger partial charge on any atom is -0.393 e. The number of methoxy groups -OCH3 is 1. The Morgan fingerprint density at radius 1 is 1.56 bits per heavy atom. The molecule has 0 aliphatic rings. The molecule has 5 heteroatoms. The third kappa shape index (κ3) is 5.42. The van der Waals surface area contributed by atoms with Crippen LogP contribution in [0.4, 0.5) is 0 Å². The van der Waals surface area contributed by atoms with E-state index in [-0.39, 0.29) is 16.8 Å². The number of carbonyl (C=O) groups excluding carboxylic acids is 1. The van der Waals surface area contributed by atoms with Crippen molar-refractivity contribution in [2.75, 3.05) is 13.7 Å². The van der Waals surface area contributed by atoms with Crippen molar-refractivity contribution in [1.29, 1.82) is 0 Å². The van der Waals surface area contributed by atoms with Crippen LogP contribution in [0.3, 0.4) is 0 Å². The first-order chi connectivity index (χ1) is 7.34. The molecule has 0 bridgehead atoms. The van der Waals surface area contributed by atoms with Crippen LogP contribution < -0.4 is 11.1 Å². The minimum atomic E-state index is -0.400. The molecule has 0 fully saturated rings. The Balaban J connectivity index is 4.46. The Morgan fingerprint density at radius 2 is 2.12 bits per heavy atom. The van der Waals surface area contributed by atoms with Crippen LogP contribution in [0, 0.1) is 5.92 Å². The zero-order valence-electron chi connectivity index (χ0n) is 10.5. The predicted molar refractivity (Wildman–Crippen MR) is 69.3 cm³/mol. The second kappa shape index (κ2) is 6.81. The van der Waals surface area contributed by atoms with Gasteiger partial charge in [-0.3, -0.25) is 4.79 Å². The lowest BCUT2D eigenvalue weighted by Crippen LogP contribution is -2.50. The van der Waals surface area contributed by atoms with Gasteiger partial charge in [-0.15, -0.1) is 0 Å². The van der Waals surface area contributed by atoms with Crippen LogP contribution in [-0.2, 0) is 9.53 Å². The van der Waals surface area contributed by atoms with Gasteiger partial charge in [-0.1, -0.05) is 25.6 Å². The molecule has 1 atom stereocenters. The summed E-state index contributed by atoms with van der Waals surface area (Å²) in [6, 6.07) is 0. The van der Waals surface area contributed by atoms with Crippen molar-refractivity contribution < 1.29 is 9.53 Å². The summed E-state index contributed by atoms with van der Waals surface area (Å²) in [4.78, 5) is 12.2. The molecule has 3 N–H and O–H groups in total. The van der Waals surface area contributed by atoms with Crippen LogP contribution in [0.25, 0.3) is 0 Å². The van der Waals surface area contributed by atoms with E-state index in [4.69, 9.17) is 22.7 Å². The van der Waals surface area contributed by atoms with E-state index in [1.54, 1.807) is 7.11 Å². The van der Waals surface area contributed by atoms with Gasteiger partial charge >= 0.3 is 0 Å². The molecule has 1 unspecified atom stereocenters. The molecular weight excluding hydrogens is 224 g/mol. The fourth-order valence-corrected chi connectivity index (χ4v) is 1.73. The lowest BCUT2D eigenvalue weighted by Gasteiger charge is -2.27. The molecule has 94 valence electrons. The van der Waals surface area contributed by atoms with E-state index in [2.05, 4.69) is 5.32 Å². The molecular formula is C11H22N2O2S. The molecule has 1 amide bonds. The molecule has 0 saturated carbocycles. The Kier molecular flexibility index (Phi) is 6.52. The Morgan fingerprint density at radius 3 is 2.50 bits per heavy atom. The van der Waals surface area contributed by atoms with Gasteiger partial charge in [0.1, 0.15) is 0 Å². The van der Waals surface area contributed by atoms with E-state index in [1.165, 1.54) is 0 Å². The van der Waals surface area contributed by atoms with Crippen LogP contribution in [0.5, 0.6) is 0 Å². The van der Waals surface area contributed by atoms with Crippen molar-refractivity contribution in [2.24, 2.45) is 11.7 Å². The maximum absolute atomic E-state index is 11.9. The Labute approximate surface area is 103 Å². The van der Waals surface area contributed by atoms with Crippen LogP contribution in [0.2, 0.25) is 0 Å². The smallest absolute Gasteiger partial charge is 0.230 e. The van der Waals surface area contributed by atoms with E-state index < -0.39 is 5.54 Å². The summed E-state index contributed by atoms with van der Waals surface area (Å²) in [6.07, 6.45) is 1.56. The maximum atomic E-state index is 11.9. The van der Waals surface area contributed by atoms with Gasteiger partial charge in [0.2, 0.25) is 5.91 Å². The van der Waals surface area contributed by atoms with Crippen molar-refractivity contribution in [2.45, 2.75) is 39.2 Å². The number of ether oxygens (including phenoxy) is 1. The van der Waals surface area contributed by atoms with Crippen LogP contribution in [0.1, 0.15) is 33.6 Å². The molecule has 0 aromatic heterocycles. The quantitative estimate of drug-likeness (QED) is 0.663. The van der Waals surface area contributed by atoms with Crippen molar-refractivity contribution in [1.82, 2.24) is 5.32 Å². The molecule has 0 aliphatic heterocycles. The van der Waals surface area contributed by atoms with E-state index in [0.29, 0.717) is 13.0 Å². The first-order valence-corrected chi connectivity index (χ1v) is 5.85. The standard InChI is InChI=1S/C11H22N2O2S/c1-5-6-8(9(12)16)10(14)13-11(2,3)7-15-4/h8H,5-7H2,1-4H3,(H2,12,16)(H,13,14). The zero-order valence-corrected chi connectivity index (χ0v) is 11.3. The lowest BCUT2D eigenvalue weighted by atomic mass is 10.00. The molecule has 0 aromatic rings. The third-order valence-electron chi connectivity index (χ3n) is 2.20. The van der Waals surface area contributed by atoms with Crippen molar-refractivity contribution >= 4 is 23.1 Å². The van der Waals surface area contributed by atoms with Crippen molar-refractivity contribution in [3.63, 3.8) is 0 Å². The van der Waals surface area contributed by atoms with Crippen LogP contribution in [-0.4, -0.2) is 30.2 Å². The first kappa shape index (κ1) is 15.3. The largest absolute Gasteiger partial charge is 0.393 e. The molecule has 0 heterocycles. The van der Waals surface area contributed by atoms with Gasteiger partial charge in [-0.25, -0.2) is 0 Å². The van der Waals surface area contributed by atoms with E-state index in [0.717, 1.165) is 6.42 Å². The van der Waals surface area contributed by atoms with Crippen LogP contribution >= 0.6 is 12.2 Å². The highest BCUT2D eigenvalue weighted by Gasteiger charge is 2.26. The first-order valence-electron chi connectivity index (χ1n) is 5.44. The molecule has 0 aromatic carbocycles. The normalized spacial score (nSPS) is 13.2. The van der Waals surface area contributed by atoms with Gasteiger partial charge in [-0.2, -0.15) is 0 Å². The van der Waals surface area contributed by atoms with Crippen molar-refractivity contribution in [3.05, 3.63) is 0 Å². The summed E-state index contributed by atoms with van der Waals surface area (Å²) in [5.41, 5.74) is 5.16. The van der Waals surface area contributed by atoms with Gasteiger partial charge in [0.15, 0.2) is 0 Å². The van der Waals surface area contributed by atoms with Gasteiger partial charge in [0, 0.05) is 7.11 Å². The number of hydrogen-bond acceptors (Lipinski definition) is 3. The second-order valence-electron chi connectivity index (χ2n) is 4.55. The number of carbonyl (C=O) groups is 1. The fourth-order valence-electron chi connectivity index (χ4n) is 1.51. The molecule has 0 radical (unpaired) electrons. The van der Waals surface area contributed by atoms with E-state index in [9.17, 15) is 4.79 Å². The lowest BCUT2D eigenvalue weighted by molar-refractivity contribution is -0.125. The van der Waals surface area contributed by atoms with Crippen LogP contribution in [0.15, 0.2) is 0 Å². The summed E-state index contributed by atoms with van der Waals surface area (Å²) in [6.45, 7) is 6.25. The predicted octanol–water partition coefficient (Wildman–Crippen LogP) is 1.23. The monoisotopic (exact) mass is 246 g/mol. The third-order valence-corrected chi connectivity index (χ3v) is 2.49. The van der Waals surface area contributed by atoms with E-state index >= 15 is 0 Å². The van der Waals surface area contributed by atoms with Gasteiger partial charge < -0.3 is 15.8 Å². The Bertz CT molecular complexity index is 254. The molecule has 0 rings (SSSR count).